The van der Waals surface area contributed by atoms with Crippen LogP contribution < -0.4 is 9.62 Å². The summed E-state index contributed by atoms with van der Waals surface area (Å²) in [5, 5.41) is 3.84. The molecule has 0 radical (unpaired) electrons. The second-order valence-electron chi connectivity index (χ2n) is 9.71. The first kappa shape index (κ1) is 33.0. The monoisotopic (exact) mass is 657 g/mol. The number of rotatable bonds is 12. The van der Waals surface area contributed by atoms with E-state index < -0.39 is 28.5 Å². The molecule has 0 aliphatic rings. The smallest absolute Gasteiger partial charge is 0.264 e. The van der Waals surface area contributed by atoms with E-state index in [9.17, 15) is 18.0 Å². The maximum Gasteiger partial charge on any atom is 0.264 e. The highest BCUT2D eigenvalue weighted by Gasteiger charge is 2.34. The molecule has 0 unspecified atom stereocenters. The topological polar surface area (TPSA) is 86.8 Å². The molecule has 3 aromatic carbocycles. The molecule has 220 valence electrons. The molecule has 1 N–H and O–H groups in total. The number of carbonyl (C=O) groups excluding carboxylic acids is 2. The standard InChI is InChI=1S/C29H31Cl4N3O4S/c1-4-27(29(38)34-16-19(2)3)35(17-22-23(30)11-8-12-24(22)31)28(37)18-36(20-13-14-25(32)26(33)15-20)41(39,40)21-9-6-5-7-10-21/h5-15,19,27H,4,16-18H2,1-3H3,(H,34,38)/t27-/m1/s1. The van der Waals surface area contributed by atoms with Crippen molar-refractivity contribution in [3.8, 4) is 0 Å². The molecule has 0 bridgehead atoms. The van der Waals surface area contributed by atoms with Crippen LogP contribution in [0.25, 0.3) is 0 Å². The Balaban J connectivity index is 2.10. The summed E-state index contributed by atoms with van der Waals surface area (Å²) in [6.07, 6.45) is 0.260. The lowest BCUT2D eigenvalue weighted by Gasteiger charge is -2.33. The maximum absolute atomic E-state index is 14.1. The Morgan fingerprint density at radius 2 is 1.49 bits per heavy atom. The van der Waals surface area contributed by atoms with Crippen LogP contribution in [0.2, 0.25) is 20.1 Å². The Hall–Kier alpha value is -2.49. The molecular formula is C29H31Cl4N3O4S. The van der Waals surface area contributed by atoms with E-state index in [-0.39, 0.29) is 45.4 Å². The first-order valence-electron chi connectivity index (χ1n) is 12.9. The van der Waals surface area contributed by atoms with Crippen LogP contribution in [-0.4, -0.2) is 44.3 Å². The summed E-state index contributed by atoms with van der Waals surface area (Å²) in [7, 11) is -4.24. The van der Waals surface area contributed by atoms with Crippen molar-refractivity contribution < 1.29 is 18.0 Å². The van der Waals surface area contributed by atoms with E-state index in [2.05, 4.69) is 5.32 Å². The number of nitrogens with zero attached hydrogens (tertiary/aromatic N) is 2. The fourth-order valence-corrected chi connectivity index (χ4v) is 6.32. The second-order valence-corrected chi connectivity index (χ2v) is 13.2. The fraction of sp³-hybridized carbons (Fsp3) is 0.310. The zero-order valence-corrected chi connectivity index (χ0v) is 26.6. The largest absolute Gasteiger partial charge is 0.354 e. The van der Waals surface area contributed by atoms with Gasteiger partial charge in [-0.3, -0.25) is 13.9 Å². The molecule has 0 aliphatic carbocycles. The normalized spacial score (nSPS) is 12.2. The van der Waals surface area contributed by atoms with Crippen LogP contribution in [-0.2, 0) is 26.2 Å². The second kappa shape index (κ2) is 14.6. The summed E-state index contributed by atoms with van der Waals surface area (Å²) < 4.78 is 28.7. The number of nitrogens with one attached hydrogen (secondary N) is 1. The summed E-state index contributed by atoms with van der Waals surface area (Å²) in [6, 6.07) is 16.0. The van der Waals surface area contributed by atoms with Crippen molar-refractivity contribution in [3.63, 3.8) is 0 Å². The van der Waals surface area contributed by atoms with Gasteiger partial charge in [0.25, 0.3) is 10.0 Å². The van der Waals surface area contributed by atoms with Crippen LogP contribution in [0.1, 0.15) is 32.8 Å². The predicted octanol–water partition coefficient (Wildman–Crippen LogP) is 7.08. The van der Waals surface area contributed by atoms with Gasteiger partial charge in [-0.1, -0.05) is 91.4 Å². The third kappa shape index (κ3) is 8.30. The molecular weight excluding hydrogens is 628 g/mol. The number of carbonyl (C=O) groups is 2. The summed E-state index contributed by atoms with van der Waals surface area (Å²) in [5.41, 5.74) is 0.566. The highest BCUT2D eigenvalue weighted by molar-refractivity contribution is 7.92. The molecule has 3 aromatic rings. The van der Waals surface area contributed by atoms with Crippen molar-refractivity contribution in [2.24, 2.45) is 5.92 Å². The molecule has 0 heterocycles. The van der Waals surface area contributed by atoms with Gasteiger partial charge in [0.2, 0.25) is 11.8 Å². The van der Waals surface area contributed by atoms with E-state index in [4.69, 9.17) is 46.4 Å². The Morgan fingerprint density at radius 1 is 0.854 bits per heavy atom. The molecule has 0 fully saturated rings. The average Bonchev–Trinajstić information content (AvgIpc) is 2.93. The molecule has 0 aromatic heterocycles. The zero-order chi connectivity index (χ0) is 30.3. The van der Waals surface area contributed by atoms with Crippen molar-refractivity contribution in [1.29, 1.82) is 0 Å². The Kier molecular flexibility index (Phi) is 11.8. The van der Waals surface area contributed by atoms with E-state index in [1.165, 1.54) is 35.2 Å². The van der Waals surface area contributed by atoms with Gasteiger partial charge in [-0.25, -0.2) is 8.42 Å². The lowest BCUT2D eigenvalue weighted by atomic mass is 10.1. The number of sulfonamides is 1. The van der Waals surface area contributed by atoms with E-state index in [0.29, 0.717) is 22.2 Å². The molecule has 1 atom stereocenters. The number of hydrogen-bond acceptors (Lipinski definition) is 4. The first-order valence-corrected chi connectivity index (χ1v) is 15.8. The van der Waals surface area contributed by atoms with Crippen molar-refractivity contribution in [2.45, 2.75) is 44.7 Å². The Bertz CT molecular complexity index is 1470. The van der Waals surface area contributed by atoms with Crippen molar-refractivity contribution in [3.05, 3.63) is 92.4 Å². The van der Waals surface area contributed by atoms with Gasteiger partial charge in [0.05, 0.1) is 20.6 Å². The van der Waals surface area contributed by atoms with Gasteiger partial charge < -0.3 is 10.2 Å². The predicted molar refractivity (Wildman–Crippen MR) is 166 cm³/mol. The van der Waals surface area contributed by atoms with Gasteiger partial charge in [-0.2, -0.15) is 0 Å². The first-order chi connectivity index (χ1) is 19.4. The van der Waals surface area contributed by atoms with E-state index in [1.54, 1.807) is 43.3 Å². The zero-order valence-electron chi connectivity index (χ0n) is 22.8. The summed E-state index contributed by atoms with van der Waals surface area (Å²) in [6.45, 7) is 5.33. The van der Waals surface area contributed by atoms with Crippen LogP contribution in [0.4, 0.5) is 5.69 Å². The molecule has 12 heteroatoms. The van der Waals surface area contributed by atoms with E-state index in [1.807, 2.05) is 13.8 Å². The molecule has 3 rings (SSSR count). The molecule has 0 saturated carbocycles. The number of halogens is 4. The number of anilines is 1. The third-order valence-electron chi connectivity index (χ3n) is 6.26. The SMILES string of the molecule is CC[C@H](C(=O)NCC(C)C)N(Cc1c(Cl)cccc1Cl)C(=O)CN(c1ccc(Cl)c(Cl)c1)S(=O)(=O)c1ccccc1. The number of hydrogen-bond donors (Lipinski definition) is 1. The Morgan fingerprint density at radius 3 is 2.05 bits per heavy atom. The van der Waals surface area contributed by atoms with Gasteiger partial charge in [0.15, 0.2) is 0 Å². The molecule has 0 spiro atoms. The lowest BCUT2D eigenvalue weighted by molar-refractivity contribution is -0.140. The quantitative estimate of drug-likeness (QED) is 0.225. The minimum Gasteiger partial charge on any atom is -0.354 e. The molecule has 0 saturated heterocycles. The molecule has 2 amide bonds. The van der Waals surface area contributed by atoms with Gasteiger partial charge in [-0.05, 0) is 54.8 Å². The minimum absolute atomic E-state index is 0.0266. The fourth-order valence-electron chi connectivity index (χ4n) is 4.08. The third-order valence-corrected chi connectivity index (χ3v) is 9.50. The average molecular weight is 659 g/mol. The summed E-state index contributed by atoms with van der Waals surface area (Å²) in [4.78, 5) is 28.7. The van der Waals surface area contributed by atoms with Crippen molar-refractivity contribution >= 4 is 73.9 Å². The van der Waals surface area contributed by atoms with Crippen LogP contribution >= 0.6 is 46.4 Å². The van der Waals surface area contributed by atoms with E-state index in [0.717, 1.165) is 4.31 Å². The lowest BCUT2D eigenvalue weighted by Crippen LogP contribution is -2.52. The van der Waals surface area contributed by atoms with Crippen LogP contribution in [0.5, 0.6) is 0 Å². The summed E-state index contributed by atoms with van der Waals surface area (Å²) >= 11 is 25.2. The molecule has 0 aliphatic heterocycles. The number of amides is 2. The maximum atomic E-state index is 14.1. The van der Waals surface area contributed by atoms with Crippen LogP contribution in [0.3, 0.4) is 0 Å². The highest BCUT2D eigenvalue weighted by atomic mass is 35.5. The van der Waals surface area contributed by atoms with E-state index >= 15 is 0 Å². The Labute approximate surface area is 261 Å². The van der Waals surface area contributed by atoms with Gasteiger partial charge in [0.1, 0.15) is 12.6 Å². The minimum atomic E-state index is -4.24. The molecule has 7 nitrogen and oxygen atoms in total. The van der Waals surface area contributed by atoms with Crippen LogP contribution in [0, 0.1) is 5.92 Å². The summed E-state index contributed by atoms with van der Waals surface area (Å²) in [5.74, 6) is -0.831. The van der Waals surface area contributed by atoms with Crippen molar-refractivity contribution in [2.75, 3.05) is 17.4 Å². The molecule has 41 heavy (non-hydrogen) atoms. The number of benzene rings is 3. The highest BCUT2D eigenvalue weighted by Crippen LogP contribution is 2.32. The van der Waals surface area contributed by atoms with Crippen molar-refractivity contribution in [1.82, 2.24) is 10.2 Å². The van der Waals surface area contributed by atoms with Gasteiger partial charge in [0, 0.05) is 28.7 Å². The van der Waals surface area contributed by atoms with Gasteiger partial charge in [-0.15, -0.1) is 0 Å². The van der Waals surface area contributed by atoms with Crippen LogP contribution in [0.15, 0.2) is 71.6 Å². The van der Waals surface area contributed by atoms with Gasteiger partial charge >= 0.3 is 0 Å².